The van der Waals surface area contributed by atoms with Crippen LogP contribution >= 0.6 is 0 Å². The molecule has 0 aliphatic carbocycles. The lowest BCUT2D eigenvalue weighted by molar-refractivity contribution is -0.156. The number of aromatic nitrogens is 1. The van der Waals surface area contributed by atoms with Gasteiger partial charge in [0, 0.05) is 18.8 Å². The van der Waals surface area contributed by atoms with Gasteiger partial charge < -0.3 is 0 Å². The summed E-state index contributed by atoms with van der Waals surface area (Å²) in [4.78, 5) is 30.0. The van der Waals surface area contributed by atoms with Crippen LogP contribution in [0.5, 0.6) is 0 Å². The fourth-order valence-corrected chi connectivity index (χ4v) is 4.18. The quantitative estimate of drug-likeness (QED) is 0.350. The Bertz CT molecular complexity index is 1060. The maximum Gasteiger partial charge on any atom is 0.268 e. The molecular formula is C24H32N4O5S. The van der Waals surface area contributed by atoms with Crippen molar-refractivity contribution in [2.75, 3.05) is 6.26 Å². The van der Waals surface area contributed by atoms with E-state index in [1.807, 2.05) is 44.2 Å². The molecule has 0 aliphatic rings. The molecule has 2 N–H and O–H groups in total. The van der Waals surface area contributed by atoms with Gasteiger partial charge in [-0.15, -0.1) is 4.41 Å². The average molecular weight is 489 g/mol. The number of benzene rings is 1. The fourth-order valence-electron chi connectivity index (χ4n) is 3.27. The maximum absolute atomic E-state index is 13.3. The van der Waals surface area contributed by atoms with Crippen LogP contribution in [0.1, 0.15) is 44.2 Å². The van der Waals surface area contributed by atoms with Gasteiger partial charge in [0.05, 0.1) is 12.8 Å². The molecule has 34 heavy (non-hydrogen) atoms. The first-order chi connectivity index (χ1) is 16.1. The molecule has 2 amide bonds. The van der Waals surface area contributed by atoms with E-state index in [0.29, 0.717) is 12.0 Å². The predicted molar refractivity (Wildman–Crippen MR) is 129 cm³/mol. The van der Waals surface area contributed by atoms with E-state index in [4.69, 9.17) is 0 Å². The zero-order chi connectivity index (χ0) is 25.1. The Labute approximate surface area is 201 Å². The van der Waals surface area contributed by atoms with Gasteiger partial charge in [0.2, 0.25) is 15.9 Å². The number of hydrazine groups is 1. The Morgan fingerprint density at radius 2 is 1.85 bits per heavy atom. The summed E-state index contributed by atoms with van der Waals surface area (Å²) < 4.78 is 26.5. The highest BCUT2D eigenvalue weighted by molar-refractivity contribution is 7.88. The molecule has 1 aromatic heterocycles. The van der Waals surface area contributed by atoms with Gasteiger partial charge >= 0.3 is 0 Å². The minimum Gasteiger partial charge on any atom is -0.289 e. The lowest BCUT2D eigenvalue weighted by Gasteiger charge is -2.37. The number of carbonyl (C=O) groups is 2. The first-order valence-electron chi connectivity index (χ1n) is 11.0. The minimum absolute atomic E-state index is 0.0201. The van der Waals surface area contributed by atoms with Crippen LogP contribution in [0.25, 0.3) is 6.08 Å². The Morgan fingerprint density at radius 1 is 1.15 bits per heavy atom. The molecule has 0 bridgehead atoms. The molecule has 0 radical (unpaired) electrons. The molecule has 184 valence electrons. The Balaban J connectivity index is 2.48. The van der Waals surface area contributed by atoms with E-state index < -0.39 is 27.9 Å². The van der Waals surface area contributed by atoms with Crippen molar-refractivity contribution in [3.8, 4) is 0 Å². The molecule has 0 saturated heterocycles. The van der Waals surface area contributed by atoms with Crippen molar-refractivity contribution in [1.82, 2.24) is 19.9 Å². The van der Waals surface area contributed by atoms with E-state index in [0.717, 1.165) is 21.2 Å². The van der Waals surface area contributed by atoms with Crippen molar-refractivity contribution in [3.05, 3.63) is 72.1 Å². The number of rotatable bonds is 12. The first-order valence-corrected chi connectivity index (χ1v) is 12.8. The summed E-state index contributed by atoms with van der Waals surface area (Å²) in [5.41, 5.74) is 3.00. The fraction of sp³-hybridized carbons (Fsp3) is 0.375. The van der Waals surface area contributed by atoms with Crippen LogP contribution in [0.4, 0.5) is 0 Å². The third kappa shape index (κ3) is 8.36. The largest absolute Gasteiger partial charge is 0.289 e. The molecule has 10 heteroatoms. The number of hydrogen-bond acceptors (Lipinski definition) is 6. The van der Waals surface area contributed by atoms with Crippen molar-refractivity contribution in [3.63, 3.8) is 0 Å². The summed E-state index contributed by atoms with van der Waals surface area (Å²) in [5.74, 6) is -1.24. The van der Waals surface area contributed by atoms with Crippen LogP contribution in [-0.4, -0.2) is 52.1 Å². The standard InChI is InChI=1S/C24H32N4O5S/c1-19(2)14-15-23(29)28(27(34(3,32)33)18-21-12-8-16-25-17-21)22(24(30)26-31)13-7-11-20-9-5-4-6-10-20/h4-12,16-17,19,22,31H,13-15,18H2,1-3H3,(H,26,30)/t22-/m0/s1. The summed E-state index contributed by atoms with van der Waals surface area (Å²) in [6.45, 7) is 3.70. The predicted octanol–water partition coefficient (Wildman–Crippen LogP) is 3.00. The van der Waals surface area contributed by atoms with Crippen LogP contribution in [0.2, 0.25) is 0 Å². The normalized spacial score (nSPS) is 12.8. The van der Waals surface area contributed by atoms with Gasteiger partial charge in [-0.05, 0) is 36.0 Å². The van der Waals surface area contributed by atoms with Crippen LogP contribution in [0.3, 0.4) is 0 Å². The van der Waals surface area contributed by atoms with E-state index in [-0.39, 0.29) is 25.3 Å². The number of amides is 2. The molecule has 0 saturated carbocycles. The zero-order valence-corrected chi connectivity index (χ0v) is 20.5. The van der Waals surface area contributed by atoms with Gasteiger partial charge in [-0.25, -0.2) is 18.9 Å². The SMILES string of the molecule is CC(C)CCC(=O)N([C@@H](CC=Cc1ccccc1)C(=O)NO)N(Cc1cccnc1)S(C)(=O)=O. The second kappa shape index (κ2) is 13.0. The summed E-state index contributed by atoms with van der Waals surface area (Å²) in [6.07, 6.45) is 7.97. The Hall–Kier alpha value is -3.08. The second-order valence-corrected chi connectivity index (χ2v) is 10.2. The van der Waals surface area contributed by atoms with Gasteiger partial charge in [0.15, 0.2) is 0 Å². The molecule has 2 rings (SSSR count). The highest BCUT2D eigenvalue weighted by Gasteiger charge is 2.37. The number of hydrogen-bond donors (Lipinski definition) is 2. The van der Waals surface area contributed by atoms with Crippen molar-refractivity contribution in [2.24, 2.45) is 5.92 Å². The van der Waals surface area contributed by atoms with E-state index in [1.165, 1.54) is 6.20 Å². The molecule has 1 aromatic carbocycles. The van der Waals surface area contributed by atoms with Crippen LogP contribution in [-0.2, 0) is 26.2 Å². The summed E-state index contributed by atoms with van der Waals surface area (Å²) in [7, 11) is -3.98. The van der Waals surface area contributed by atoms with Crippen LogP contribution in [0.15, 0.2) is 60.9 Å². The van der Waals surface area contributed by atoms with Crippen molar-refractivity contribution >= 4 is 27.9 Å². The minimum atomic E-state index is -3.98. The first kappa shape index (κ1) is 27.2. The summed E-state index contributed by atoms with van der Waals surface area (Å²) in [6, 6.07) is 11.4. The van der Waals surface area contributed by atoms with Gasteiger partial charge in [-0.1, -0.05) is 62.4 Å². The van der Waals surface area contributed by atoms with Gasteiger partial charge in [0.25, 0.3) is 5.91 Å². The second-order valence-electron chi connectivity index (χ2n) is 8.32. The van der Waals surface area contributed by atoms with Crippen LogP contribution < -0.4 is 5.48 Å². The number of sulfonamides is 1. The van der Waals surface area contributed by atoms with Crippen LogP contribution in [0, 0.1) is 5.92 Å². The highest BCUT2D eigenvalue weighted by Crippen LogP contribution is 2.21. The monoisotopic (exact) mass is 488 g/mol. The van der Waals surface area contributed by atoms with Crippen molar-refractivity contribution in [1.29, 1.82) is 0 Å². The molecule has 0 aliphatic heterocycles. The van der Waals surface area contributed by atoms with Crippen molar-refractivity contribution < 1.29 is 23.2 Å². The molecule has 0 fully saturated rings. The molecule has 1 heterocycles. The number of pyridine rings is 1. The molecule has 0 spiro atoms. The van der Waals surface area contributed by atoms with Gasteiger partial charge in [0.1, 0.15) is 6.04 Å². The maximum atomic E-state index is 13.3. The third-order valence-corrected chi connectivity index (χ3v) is 6.10. The number of nitrogens with one attached hydrogen (secondary N) is 1. The molecule has 2 aromatic rings. The molecule has 9 nitrogen and oxygen atoms in total. The number of carbonyl (C=O) groups excluding carboxylic acids is 2. The lowest BCUT2D eigenvalue weighted by atomic mass is 10.1. The van der Waals surface area contributed by atoms with E-state index in [1.54, 1.807) is 36.0 Å². The number of nitrogens with zero attached hydrogens (tertiary/aromatic N) is 3. The Morgan fingerprint density at radius 3 is 2.41 bits per heavy atom. The lowest BCUT2D eigenvalue weighted by Crippen LogP contribution is -2.58. The average Bonchev–Trinajstić information content (AvgIpc) is 2.81. The summed E-state index contributed by atoms with van der Waals surface area (Å²) >= 11 is 0. The molecule has 1 atom stereocenters. The van der Waals surface area contributed by atoms with Gasteiger partial charge in [-0.2, -0.15) is 0 Å². The highest BCUT2D eigenvalue weighted by atomic mass is 32.2. The van der Waals surface area contributed by atoms with E-state index in [2.05, 4.69) is 4.98 Å². The van der Waals surface area contributed by atoms with Gasteiger partial charge in [-0.3, -0.25) is 19.8 Å². The molecule has 0 unspecified atom stereocenters. The van der Waals surface area contributed by atoms with E-state index in [9.17, 15) is 23.2 Å². The van der Waals surface area contributed by atoms with Crippen molar-refractivity contribution in [2.45, 2.75) is 45.7 Å². The topological polar surface area (TPSA) is 120 Å². The zero-order valence-electron chi connectivity index (χ0n) is 19.7. The molecular weight excluding hydrogens is 456 g/mol. The smallest absolute Gasteiger partial charge is 0.268 e. The summed E-state index contributed by atoms with van der Waals surface area (Å²) in [5, 5.41) is 10.4. The Kier molecular flexibility index (Phi) is 10.4. The third-order valence-electron chi connectivity index (χ3n) is 5.03. The van der Waals surface area contributed by atoms with E-state index >= 15 is 0 Å². The number of hydroxylamine groups is 1.